The molecule has 19 heavy (non-hydrogen) atoms. The quantitative estimate of drug-likeness (QED) is 0.886. The molecule has 1 atom stereocenters. The number of hydrogen-bond acceptors (Lipinski definition) is 4. The van der Waals surface area contributed by atoms with Crippen LogP contribution in [-0.4, -0.2) is 37.8 Å². The van der Waals surface area contributed by atoms with Gasteiger partial charge in [-0.25, -0.2) is 8.42 Å². The van der Waals surface area contributed by atoms with Gasteiger partial charge >= 0.3 is 0 Å². The van der Waals surface area contributed by atoms with E-state index in [9.17, 15) is 13.2 Å². The molecular weight excluding hydrogens is 352 g/mol. The average molecular weight is 367 g/mol. The molecule has 5 nitrogen and oxygen atoms in total. The summed E-state index contributed by atoms with van der Waals surface area (Å²) in [6.07, 6.45) is 1.57. The molecule has 0 radical (unpaired) electrons. The van der Waals surface area contributed by atoms with Crippen molar-refractivity contribution in [3.8, 4) is 0 Å². The first-order chi connectivity index (χ1) is 8.91. The molecule has 0 spiro atoms. The van der Waals surface area contributed by atoms with Crippen LogP contribution in [0.1, 0.15) is 19.8 Å². The van der Waals surface area contributed by atoms with Crippen LogP contribution in [0, 0.1) is 0 Å². The molecule has 1 unspecified atom stereocenters. The number of sulfonamides is 1. The van der Waals surface area contributed by atoms with Crippen molar-refractivity contribution in [1.29, 1.82) is 0 Å². The van der Waals surface area contributed by atoms with Crippen molar-refractivity contribution in [2.45, 2.75) is 30.0 Å². The maximum absolute atomic E-state index is 12.5. The first kappa shape index (κ1) is 15.0. The summed E-state index contributed by atoms with van der Waals surface area (Å²) in [5, 5.41) is 4.53. The Morgan fingerprint density at radius 1 is 1.58 bits per heavy atom. The monoisotopic (exact) mass is 366 g/mol. The lowest BCUT2D eigenvalue weighted by Crippen LogP contribution is -2.48. The number of carbonyl (C=O) groups is 1. The van der Waals surface area contributed by atoms with Crippen LogP contribution < -0.4 is 5.32 Å². The van der Waals surface area contributed by atoms with Gasteiger partial charge in [0.25, 0.3) is 10.0 Å². The summed E-state index contributed by atoms with van der Waals surface area (Å²) in [6.45, 7) is 2.29. The second-order valence-electron chi connectivity index (χ2n) is 4.46. The van der Waals surface area contributed by atoms with Crippen LogP contribution in [0.25, 0.3) is 0 Å². The van der Waals surface area contributed by atoms with E-state index in [2.05, 4.69) is 21.2 Å². The maximum atomic E-state index is 12.5. The lowest BCUT2D eigenvalue weighted by Gasteiger charge is -2.31. The molecule has 0 bridgehead atoms. The van der Waals surface area contributed by atoms with E-state index in [1.165, 1.54) is 22.6 Å². The zero-order valence-corrected chi connectivity index (χ0v) is 13.6. The Balaban J connectivity index is 2.17. The van der Waals surface area contributed by atoms with Gasteiger partial charge < -0.3 is 5.32 Å². The number of nitrogens with one attached hydrogen (secondary N) is 1. The van der Waals surface area contributed by atoms with E-state index in [0.717, 1.165) is 12.8 Å². The zero-order chi connectivity index (χ0) is 14.0. The molecule has 1 aromatic heterocycles. The van der Waals surface area contributed by atoms with E-state index in [1.54, 1.807) is 11.4 Å². The minimum atomic E-state index is -3.46. The van der Waals surface area contributed by atoms with E-state index in [0.29, 0.717) is 21.8 Å². The third-order valence-electron chi connectivity index (χ3n) is 2.95. The van der Waals surface area contributed by atoms with Gasteiger partial charge in [-0.1, -0.05) is 0 Å². The average Bonchev–Trinajstić information content (AvgIpc) is 2.75. The first-order valence-corrected chi connectivity index (χ1v) is 9.03. The molecule has 1 saturated heterocycles. The fourth-order valence-corrected chi connectivity index (χ4v) is 6.12. The van der Waals surface area contributed by atoms with Gasteiger partial charge in [-0.3, -0.25) is 4.79 Å². The minimum Gasteiger partial charge on any atom is -0.352 e. The van der Waals surface area contributed by atoms with Gasteiger partial charge in [0.05, 0.1) is 0 Å². The van der Waals surface area contributed by atoms with Gasteiger partial charge in [-0.05, 0) is 40.2 Å². The van der Waals surface area contributed by atoms with Gasteiger partial charge in [0.15, 0.2) is 0 Å². The smallest absolute Gasteiger partial charge is 0.253 e. The number of nitrogens with zero attached hydrogens (tertiary/aromatic N) is 1. The molecule has 1 amide bonds. The van der Waals surface area contributed by atoms with E-state index < -0.39 is 10.0 Å². The number of piperidine rings is 1. The molecule has 0 aliphatic carbocycles. The number of rotatable bonds is 3. The topological polar surface area (TPSA) is 66.5 Å². The van der Waals surface area contributed by atoms with Crippen molar-refractivity contribution < 1.29 is 13.2 Å². The lowest BCUT2D eigenvalue weighted by molar-refractivity contribution is -0.119. The third kappa shape index (κ3) is 3.36. The predicted octanol–water partition coefficient (Wildman–Crippen LogP) is 1.80. The Morgan fingerprint density at radius 3 is 2.89 bits per heavy atom. The summed E-state index contributed by atoms with van der Waals surface area (Å²) < 4.78 is 27.4. The molecule has 0 aromatic carbocycles. The van der Waals surface area contributed by atoms with Crippen LogP contribution in [0.15, 0.2) is 20.1 Å². The summed E-state index contributed by atoms with van der Waals surface area (Å²) in [6, 6.07) is 1.63. The van der Waals surface area contributed by atoms with Crippen LogP contribution in [0.2, 0.25) is 0 Å². The molecule has 2 heterocycles. The second kappa shape index (κ2) is 5.90. The highest BCUT2D eigenvalue weighted by molar-refractivity contribution is 9.10. The normalized spacial score (nSPS) is 21.3. The van der Waals surface area contributed by atoms with Gasteiger partial charge in [0.1, 0.15) is 4.21 Å². The van der Waals surface area contributed by atoms with Crippen molar-refractivity contribution >= 4 is 43.2 Å². The fraction of sp³-hybridized carbons (Fsp3) is 0.545. The minimum absolute atomic E-state index is 0.0974. The van der Waals surface area contributed by atoms with Crippen molar-refractivity contribution in [2.24, 2.45) is 0 Å². The molecule has 8 heteroatoms. The highest BCUT2D eigenvalue weighted by Gasteiger charge is 2.32. The molecule has 1 aliphatic rings. The number of hydrogen-bond donors (Lipinski definition) is 1. The Bertz CT molecular complexity index is 570. The van der Waals surface area contributed by atoms with Gasteiger partial charge in [-0.15, -0.1) is 11.3 Å². The highest BCUT2D eigenvalue weighted by atomic mass is 79.9. The summed E-state index contributed by atoms with van der Waals surface area (Å²) in [4.78, 5) is 11.1. The summed E-state index contributed by atoms with van der Waals surface area (Å²) >= 11 is 4.46. The van der Waals surface area contributed by atoms with Crippen LogP contribution in [0.3, 0.4) is 0 Å². The molecule has 1 fully saturated rings. The van der Waals surface area contributed by atoms with Crippen molar-refractivity contribution in [1.82, 2.24) is 9.62 Å². The van der Waals surface area contributed by atoms with E-state index in [4.69, 9.17) is 0 Å². The maximum Gasteiger partial charge on any atom is 0.253 e. The number of halogens is 1. The second-order valence-corrected chi connectivity index (χ2v) is 8.36. The SMILES string of the molecule is CC(=O)NC1CCCN(S(=O)(=O)c2sccc2Br)C1. The zero-order valence-electron chi connectivity index (χ0n) is 10.4. The molecule has 0 saturated carbocycles. The number of amides is 1. The Morgan fingerprint density at radius 2 is 2.32 bits per heavy atom. The fourth-order valence-electron chi connectivity index (χ4n) is 2.15. The largest absolute Gasteiger partial charge is 0.352 e. The van der Waals surface area contributed by atoms with Gasteiger partial charge in [-0.2, -0.15) is 4.31 Å². The molecule has 1 aromatic rings. The van der Waals surface area contributed by atoms with Crippen LogP contribution in [0.5, 0.6) is 0 Å². The summed E-state index contributed by atoms with van der Waals surface area (Å²) in [5.74, 6) is -0.124. The molecule has 1 N–H and O–H groups in total. The molecule has 1 aliphatic heterocycles. The van der Waals surface area contributed by atoms with Crippen molar-refractivity contribution in [2.75, 3.05) is 13.1 Å². The van der Waals surface area contributed by atoms with Crippen LogP contribution in [-0.2, 0) is 14.8 Å². The Labute approximate surface area is 125 Å². The van der Waals surface area contributed by atoms with Crippen LogP contribution in [0.4, 0.5) is 0 Å². The standard InChI is InChI=1S/C11H15BrN2O3S2/c1-8(15)13-9-3-2-5-14(7-9)19(16,17)11-10(12)4-6-18-11/h4,6,9H,2-3,5,7H2,1H3,(H,13,15). The number of thiophene rings is 1. The summed E-state index contributed by atoms with van der Waals surface area (Å²) in [7, 11) is -3.46. The molecule has 2 rings (SSSR count). The van der Waals surface area contributed by atoms with Crippen molar-refractivity contribution in [3.63, 3.8) is 0 Å². The van der Waals surface area contributed by atoms with E-state index in [-0.39, 0.29) is 11.9 Å². The Kier molecular flexibility index (Phi) is 4.65. The molecular formula is C11H15BrN2O3S2. The Hall–Kier alpha value is -0.440. The lowest BCUT2D eigenvalue weighted by atomic mass is 10.1. The van der Waals surface area contributed by atoms with Gasteiger partial charge in [0.2, 0.25) is 5.91 Å². The molecule has 106 valence electrons. The predicted molar refractivity (Wildman–Crippen MR) is 77.6 cm³/mol. The third-order valence-corrected chi connectivity index (χ3v) is 7.46. The van der Waals surface area contributed by atoms with E-state index >= 15 is 0 Å². The number of carbonyl (C=O) groups excluding carboxylic acids is 1. The van der Waals surface area contributed by atoms with E-state index in [1.807, 2.05) is 0 Å². The van der Waals surface area contributed by atoms with Crippen LogP contribution >= 0.6 is 27.3 Å². The summed E-state index contributed by atoms with van der Waals surface area (Å²) in [5.41, 5.74) is 0. The van der Waals surface area contributed by atoms with Gasteiger partial charge in [0, 0.05) is 30.5 Å². The first-order valence-electron chi connectivity index (χ1n) is 5.91. The highest BCUT2D eigenvalue weighted by Crippen LogP contribution is 2.31. The van der Waals surface area contributed by atoms with Crippen molar-refractivity contribution in [3.05, 3.63) is 15.9 Å².